The first-order valence-corrected chi connectivity index (χ1v) is 7.48. The molecule has 1 heterocycles. The van der Waals surface area contributed by atoms with Crippen molar-refractivity contribution in [2.75, 3.05) is 24.6 Å². The van der Waals surface area contributed by atoms with E-state index in [1.807, 2.05) is 6.92 Å². The standard InChI is InChI=1S/C10H22N2O2S/c1-3-10(4-5-11)12-6-7-15(13,14)8-9(12)2/h9-10H,3-8,11H2,1-2H3. The van der Waals surface area contributed by atoms with Gasteiger partial charge in [0.2, 0.25) is 0 Å². The van der Waals surface area contributed by atoms with Gasteiger partial charge in [0.15, 0.2) is 9.84 Å². The van der Waals surface area contributed by atoms with Crippen LogP contribution < -0.4 is 5.73 Å². The van der Waals surface area contributed by atoms with Crippen LogP contribution in [0.3, 0.4) is 0 Å². The summed E-state index contributed by atoms with van der Waals surface area (Å²) in [6.07, 6.45) is 2.00. The summed E-state index contributed by atoms with van der Waals surface area (Å²) in [4.78, 5) is 2.30. The van der Waals surface area contributed by atoms with Crippen molar-refractivity contribution in [3.8, 4) is 0 Å². The Morgan fingerprint density at radius 3 is 2.67 bits per heavy atom. The lowest BCUT2D eigenvalue weighted by Crippen LogP contribution is -2.51. The molecule has 2 unspecified atom stereocenters. The molecule has 5 heteroatoms. The van der Waals surface area contributed by atoms with Crippen LogP contribution in [0.15, 0.2) is 0 Å². The van der Waals surface area contributed by atoms with Gasteiger partial charge in [-0.3, -0.25) is 4.90 Å². The van der Waals surface area contributed by atoms with Crippen molar-refractivity contribution in [3.05, 3.63) is 0 Å². The maximum absolute atomic E-state index is 11.4. The fraction of sp³-hybridized carbons (Fsp3) is 1.00. The summed E-state index contributed by atoms with van der Waals surface area (Å²) in [6, 6.07) is 0.584. The van der Waals surface area contributed by atoms with E-state index >= 15 is 0 Å². The summed E-state index contributed by atoms with van der Waals surface area (Å²) < 4.78 is 22.8. The van der Waals surface area contributed by atoms with Crippen LogP contribution in [0, 0.1) is 0 Å². The van der Waals surface area contributed by atoms with Gasteiger partial charge in [0, 0.05) is 18.6 Å². The second-order valence-electron chi connectivity index (χ2n) is 4.34. The Labute approximate surface area is 92.7 Å². The number of nitrogens with two attached hydrogens (primary N) is 1. The van der Waals surface area contributed by atoms with Crippen LogP contribution in [-0.4, -0.2) is 50.0 Å². The molecule has 0 amide bonds. The molecule has 0 bridgehead atoms. The van der Waals surface area contributed by atoms with E-state index in [1.54, 1.807) is 0 Å². The van der Waals surface area contributed by atoms with Crippen molar-refractivity contribution in [3.63, 3.8) is 0 Å². The lowest BCUT2D eigenvalue weighted by atomic mass is 10.1. The van der Waals surface area contributed by atoms with E-state index in [0.717, 1.165) is 12.8 Å². The van der Waals surface area contributed by atoms with Gasteiger partial charge in [0.1, 0.15) is 0 Å². The van der Waals surface area contributed by atoms with E-state index in [2.05, 4.69) is 11.8 Å². The second-order valence-corrected chi connectivity index (χ2v) is 6.57. The Bertz CT molecular complexity index is 290. The third-order valence-corrected chi connectivity index (χ3v) is 4.96. The number of hydrogen-bond donors (Lipinski definition) is 1. The zero-order valence-corrected chi connectivity index (χ0v) is 10.5. The molecule has 1 aliphatic heterocycles. The Morgan fingerprint density at radius 1 is 1.53 bits per heavy atom. The van der Waals surface area contributed by atoms with E-state index in [4.69, 9.17) is 5.73 Å². The summed E-state index contributed by atoms with van der Waals surface area (Å²) in [5.74, 6) is 0.604. The van der Waals surface area contributed by atoms with Gasteiger partial charge >= 0.3 is 0 Å². The molecule has 2 atom stereocenters. The summed E-state index contributed by atoms with van der Waals surface area (Å²) in [7, 11) is -2.79. The van der Waals surface area contributed by atoms with Gasteiger partial charge in [-0.15, -0.1) is 0 Å². The SMILES string of the molecule is CCC(CCN)N1CCS(=O)(=O)CC1C. The van der Waals surface area contributed by atoms with Crippen LogP contribution in [0.4, 0.5) is 0 Å². The molecular weight excluding hydrogens is 212 g/mol. The summed E-state index contributed by atoms with van der Waals surface area (Å²) in [5.41, 5.74) is 5.57. The highest BCUT2D eigenvalue weighted by Gasteiger charge is 2.31. The average molecular weight is 234 g/mol. The first-order valence-electron chi connectivity index (χ1n) is 5.66. The molecule has 90 valence electrons. The second kappa shape index (κ2) is 5.27. The van der Waals surface area contributed by atoms with E-state index in [1.165, 1.54) is 0 Å². The van der Waals surface area contributed by atoms with Crippen LogP contribution in [0.2, 0.25) is 0 Å². The Hall–Kier alpha value is -0.130. The van der Waals surface area contributed by atoms with Crippen LogP contribution in [0.5, 0.6) is 0 Å². The van der Waals surface area contributed by atoms with E-state index in [0.29, 0.717) is 30.6 Å². The quantitative estimate of drug-likeness (QED) is 0.756. The summed E-state index contributed by atoms with van der Waals surface area (Å²) in [5, 5.41) is 0. The molecule has 0 aromatic heterocycles. The van der Waals surface area contributed by atoms with E-state index in [9.17, 15) is 8.42 Å². The molecule has 1 aliphatic rings. The van der Waals surface area contributed by atoms with Crippen molar-refractivity contribution in [2.24, 2.45) is 5.73 Å². The van der Waals surface area contributed by atoms with Crippen LogP contribution in [0.1, 0.15) is 26.7 Å². The topological polar surface area (TPSA) is 63.4 Å². The molecule has 1 rings (SSSR count). The highest BCUT2D eigenvalue weighted by atomic mass is 32.2. The molecule has 0 aromatic rings. The predicted molar refractivity (Wildman–Crippen MR) is 62.6 cm³/mol. The lowest BCUT2D eigenvalue weighted by molar-refractivity contribution is 0.147. The van der Waals surface area contributed by atoms with Gasteiger partial charge in [0.25, 0.3) is 0 Å². The Balaban J connectivity index is 2.63. The smallest absolute Gasteiger partial charge is 0.153 e. The van der Waals surface area contributed by atoms with Crippen molar-refractivity contribution < 1.29 is 8.42 Å². The van der Waals surface area contributed by atoms with Crippen LogP contribution in [0.25, 0.3) is 0 Å². The van der Waals surface area contributed by atoms with Crippen molar-refractivity contribution in [1.29, 1.82) is 0 Å². The third kappa shape index (κ3) is 3.43. The minimum Gasteiger partial charge on any atom is -0.330 e. The fourth-order valence-corrected chi connectivity index (χ4v) is 3.93. The van der Waals surface area contributed by atoms with Gasteiger partial charge in [-0.1, -0.05) is 6.92 Å². The molecule has 1 saturated heterocycles. The molecule has 0 aromatic carbocycles. The highest BCUT2D eigenvalue weighted by Crippen LogP contribution is 2.18. The molecule has 0 aliphatic carbocycles. The van der Waals surface area contributed by atoms with E-state index < -0.39 is 9.84 Å². The number of rotatable bonds is 4. The number of nitrogens with zero attached hydrogens (tertiary/aromatic N) is 1. The maximum atomic E-state index is 11.4. The number of sulfone groups is 1. The molecule has 2 N–H and O–H groups in total. The fourth-order valence-electron chi connectivity index (χ4n) is 2.35. The minimum atomic E-state index is -2.79. The Morgan fingerprint density at radius 2 is 2.20 bits per heavy atom. The van der Waals surface area contributed by atoms with Crippen molar-refractivity contribution in [2.45, 2.75) is 38.8 Å². The first-order chi connectivity index (χ1) is 7.00. The van der Waals surface area contributed by atoms with Crippen LogP contribution >= 0.6 is 0 Å². The van der Waals surface area contributed by atoms with Crippen molar-refractivity contribution >= 4 is 9.84 Å². The Kier molecular flexibility index (Phi) is 4.55. The first kappa shape index (κ1) is 12.9. The van der Waals surface area contributed by atoms with Gasteiger partial charge in [-0.05, 0) is 26.3 Å². The normalized spacial score (nSPS) is 28.9. The van der Waals surface area contributed by atoms with Gasteiger partial charge in [-0.25, -0.2) is 8.42 Å². The lowest BCUT2D eigenvalue weighted by Gasteiger charge is -2.39. The molecule has 4 nitrogen and oxygen atoms in total. The largest absolute Gasteiger partial charge is 0.330 e. The van der Waals surface area contributed by atoms with E-state index in [-0.39, 0.29) is 6.04 Å². The maximum Gasteiger partial charge on any atom is 0.153 e. The predicted octanol–water partition coefficient (Wildman–Crippen LogP) is 0.233. The molecule has 1 fully saturated rings. The van der Waals surface area contributed by atoms with Gasteiger partial charge in [0.05, 0.1) is 11.5 Å². The molecule has 0 radical (unpaired) electrons. The highest BCUT2D eigenvalue weighted by molar-refractivity contribution is 7.91. The molecular formula is C10H22N2O2S. The third-order valence-electron chi connectivity index (χ3n) is 3.16. The average Bonchev–Trinajstić information content (AvgIpc) is 2.14. The van der Waals surface area contributed by atoms with Crippen LogP contribution in [-0.2, 0) is 9.84 Å². The van der Waals surface area contributed by atoms with Gasteiger partial charge in [-0.2, -0.15) is 0 Å². The zero-order valence-electron chi connectivity index (χ0n) is 9.65. The summed E-state index contributed by atoms with van der Waals surface area (Å²) >= 11 is 0. The molecule has 15 heavy (non-hydrogen) atoms. The minimum absolute atomic E-state index is 0.139. The zero-order chi connectivity index (χ0) is 11.5. The molecule has 0 saturated carbocycles. The van der Waals surface area contributed by atoms with Gasteiger partial charge < -0.3 is 5.73 Å². The summed E-state index contributed by atoms with van der Waals surface area (Å²) in [6.45, 7) is 5.47. The van der Waals surface area contributed by atoms with Crippen molar-refractivity contribution in [1.82, 2.24) is 4.90 Å². The monoisotopic (exact) mass is 234 g/mol. The molecule has 0 spiro atoms. The number of hydrogen-bond acceptors (Lipinski definition) is 4.